The molecule has 1 aromatic carbocycles. The van der Waals surface area contributed by atoms with Crippen molar-refractivity contribution in [3.8, 4) is 10.4 Å². The van der Waals surface area contributed by atoms with Gasteiger partial charge >= 0.3 is 6.09 Å². The molecular weight excluding hydrogens is 518 g/mol. The Hall–Kier alpha value is -2.52. The number of benzene rings is 1. The van der Waals surface area contributed by atoms with E-state index < -0.39 is 48.8 Å². The van der Waals surface area contributed by atoms with Crippen molar-refractivity contribution in [2.45, 2.75) is 24.5 Å². The van der Waals surface area contributed by atoms with Gasteiger partial charge in [-0.2, -0.15) is 0 Å². The first-order chi connectivity index (χ1) is 16.4. The molecule has 0 aliphatic carbocycles. The lowest BCUT2D eigenvalue weighted by atomic mass is 9.97. The summed E-state index contributed by atoms with van der Waals surface area (Å²) in [6.45, 7) is 1.59. The fourth-order valence-corrected chi connectivity index (χ4v) is 8.52. The summed E-state index contributed by atoms with van der Waals surface area (Å²) < 4.78 is 55.4. The number of rotatable bonds is 7. The Balaban J connectivity index is 2.03. The van der Waals surface area contributed by atoms with E-state index in [0.29, 0.717) is 21.0 Å². The van der Waals surface area contributed by atoms with Gasteiger partial charge in [0.2, 0.25) is 15.9 Å². The molecule has 1 aliphatic rings. The zero-order valence-electron chi connectivity index (χ0n) is 19.2. The number of hydrogen-bond donors (Lipinski definition) is 3. The van der Waals surface area contributed by atoms with E-state index in [9.17, 15) is 26.4 Å². The van der Waals surface area contributed by atoms with Crippen LogP contribution in [0.3, 0.4) is 0 Å². The Kier molecular flexibility index (Phi) is 8.21. The minimum Gasteiger partial charge on any atom is -0.450 e. The van der Waals surface area contributed by atoms with Gasteiger partial charge in [0.15, 0.2) is 9.84 Å². The second-order valence-corrected chi connectivity index (χ2v) is 13.5. The predicted molar refractivity (Wildman–Crippen MR) is 131 cm³/mol. The van der Waals surface area contributed by atoms with Crippen molar-refractivity contribution < 1.29 is 36.4 Å². The second-order valence-electron chi connectivity index (χ2n) is 8.03. The molecule has 0 saturated carbocycles. The van der Waals surface area contributed by atoms with Crippen LogP contribution in [0.15, 0.2) is 36.4 Å². The van der Waals surface area contributed by atoms with Crippen LogP contribution in [0.25, 0.3) is 10.4 Å². The van der Waals surface area contributed by atoms with Gasteiger partial charge in [-0.3, -0.25) is 15.3 Å². The smallest absolute Gasteiger partial charge is 0.411 e. The van der Waals surface area contributed by atoms with Gasteiger partial charge in [0.25, 0.3) is 0 Å². The lowest BCUT2D eigenvalue weighted by Gasteiger charge is -2.30. The monoisotopic (exact) mass is 545 g/mol. The van der Waals surface area contributed by atoms with Gasteiger partial charge in [0.1, 0.15) is 4.75 Å². The van der Waals surface area contributed by atoms with Gasteiger partial charge in [-0.25, -0.2) is 31.4 Å². The average Bonchev–Trinajstić information content (AvgIpc) is 3.23. The molecule has 2 heterocycles. The van der Waals surface area contributed by atoms with Crippen molar-refractivity contribution in [3.63, 3.8) is 0 Å². The highest BCUT2D eigenvalue weighted by Crippen LogP contribution is 2.45. The molecule has 1 unspecified atom stereocenters. The van der Waals surface area contributed by atoms with Crippen LogP contribution in [-0.2, 0) is 34.1 Å². The average molecular weight is 546 g/mol. The van der Waals surface area contributed by atoms with Crippen molar-refractivity contribution in [1.82, 2.24) is 9.79 Å². The Morgan fingerprint density at radius 3 is 2.63 bits per heavy atom. The zero-order chi connectivity index (χ0) is 25.9. The highest BCUT2D eigenvalue weighted by molar-refractivity contribution is 7.92. The molecule has 0 bridgehead atoms. The summed E-state index contributed by atoms with van der Waals surface area (Å²) in [5, 5.41) is 11.7. The fourth-order valence-electron chi connectivity index (χ4n) is 3.96. The third-order valence-electron chi connectivity index (χ3n) is 5.73. The number of hydroxylamine groups is 1. The van der Waals surface area contributed by atoms with Crippen molar-refractivity contribution in [3.05, 3.63) is 41.3 Å². The number of sulfonamides is 1. The summed E-state index contributed by atoms with van der Waals surface area (Å²) in [6.07, 6.45) is -0.313. The first kappa shape index (κ1) is 27.1. The molecule has 1 aliphatic heterocycles. The molecule has 0 spiro atoms. The maximum absolute atomic E-state index is 13.5. The molecule has 1 saturated heterocycles. The summed E-state index contributed by atoms with van der Waals surface area (Å²) in [6, 6.07) is 10.2. The first-order valence-electron chi connectivity index (χ1n) is 10.7. The highest BCUT2D eigenvalue weighted by atomic mass is 32.2. The third-order valence-corrected chi connectivity index (χ3v) is 11.0. The van der Waals surface area contributed by atoms with E-state index in [1.54, 1.807) is 43.3 Å². The maximum atomic E-state index is 13.5. The fraction of sp³-hybridized carbons (Fsp3) is 0.429. The summed E-state index contributed by atoms with van der Waals surface area (Å²) in [7, 11) is -7.66. The molecule has 0 radical (unpaired) electrons. The summed E-state index contributed by atoms with van der Waals surface area (Å²) in [5.41, 5.74) is 2.68. The van der Waals surface area contributed by atoms with Crippen molar-refractivity contribution >= 4 is 48.9 Å². The summed E-state index contributed by atoms with van der Waals surface area (Å²) >= 11 is 1.15. The van der Waals surface area contributed by atoms with E-state index in [4.69, 9.17) is 9.94 Å². The maximum Gasteiger partial charge on any atom is 0.411 e. The number of ether oxygens (including phenoxy) is 1. The van der Waals surface area contributed by atoms with Gasteiger partial charge in [0, 0.05) is 28.5 Å². The summed E-state index contributed by atoms with van der Waals surface area (Å²) in [5.74, 6) is -1.36. The normalized spacial score (nSPS) is 20.5. The minimum absolute atomic E-state index is 0.0943. The van der Waals surface area contributed by atoms with E-state index in [0.717, 1.165) is 21.9 Å². The predicted octanol–water partition coefficient (Wildman–Crippen LogP) is 2.15. The van der Waals surface area contributed by atoms with Gasteiger partial charge in [-0.05, 0) is 43.2 Å². The Morgan fingerprint density at radius 1 is 1.23 bits per heavy atom. The van der Waals surface area contributed by atoms with Gasteiger partial charge in [-0.1, -0.05) is 12.1 Å². The van der Waals surface area contributed by atoms with Crippen LogP contribution in [0.4, 0.5) is 10.5 Å². The van der Waals surface area contributed by atoms with Gasteiger partial charge in [0.05, 0.1) is 25.0 Å². The zero-order valence-corrected chi connectivity index (χ0v) is 21.6. The number of hydrogen-bond acceptors (Lipinski definition) is 9. The number of amides is 2. The number of thiophene rings is 1. The minimum atomic E-state index is -4.01. The van der Waals surface area contributed by atoms with E-state index in [1.165, 1.54) is 5.48 Å². The van der Waals surface area contributed by atoms with E-state index in [2.05, 4.69) is 5.32 Å². The molecule has 14 heteroatoms. The lowest BCUT2D eigenvalue weighted by molar-refractivity contribution is -0.129. The van der Waals surface area contributed by atoms with Crippen molar-refractivity contribution in [2.75, 3.05) is 37.0 Å². The van der Waals surface area contributed by atoms with Crippen LogP contribution in [0.1, 0.15) is 24.6 Å². The Morgan fingerprint density at radius 2 is 1.97 bits per heavy atom. The molecule has 3 rings (SSSR count). The number of nitrogens with zero attached hydrogens (tertiary/aromatic N) is 1. The third kappa shape index (κ3) is 6.01. The molecule has 1 fully saturated rings. The SMILES string of the molecule is CCOC(=O)Nc1cccc(-c2ccc(C3(CC(=O)NO)CCN(S(C)(=O)=O)CCS3(=O)=O)s2)c1. The molecule has 1 atom stereocenters. The Labute approximate surface area is 208 Å². The van der Waals surface area contributed by atoms with E-state index >= 15 is 0 Å². The molecule has 3 N–H and O–H groups in total. The van der Waals surface area contributed by atoms with Crippen LogP contribution in [0.5, 0.6) is 0 Å². The standard InChI is InChI=1S/C21H27N3O8S3/c1-3-32-20(26)22-16-6-4-5-15(13-16)17-7-8-18(33-17)21(14-19(25)23-27)9-10-24(34(2,28)29)11-12-35(21,30)31/h4-8,13,27H,3,9-12,14H2,1-2H3,(H,22,26)(H,23,25). The Bertz CT molecular complexity index is 1310. The van der Waals surface area contributed by atoms with Gasteiger partial charge in [-0.15, -0.1) is 11.3 Å². The summed E-state index contributed by atoms with van der Waals surface area (Å²) in [4.78, 5) is 25.0. The number of nitrogens with one attached hydrogen (secondary N) is 2. The number of anilines is 1. The molecule has 2 aromatic rings. The molecular formula is C21H27N3O8S3. The first-order valence-corrected chi connectivity index (χ1v) is 15.0. The topological polar surface area (TPSA) is 159 Å². The molecule has 2 amide bonds. The van der Waals surface area contributed by atoms with E-state index in [-0.39, 0.29) is 26.1 Å². The molecule has 11 nitrogen and oxygen atoms in total. The van der Waals surface area contributed by atoms with Crippen LogP contribution in [0, 0.1) is 0 Å². The van der Waals surface area contributed by atoms with E-state index in [1.807, 2.05) is 0 Å². The van der Waals surface area contributed by atoms with Crippen LogP contribution >= 0.6 is 11.3 Å². The quantitative estimate of drug-likeness (QED) is 0.353. The number of sulfone groups is 1. The number of carbonyl (C=O) groups is 2. The van der Waals surface area contributed by atoms with Gasteiger partial charge < -0.3 is 4.74 Å². The number of carbonyl (C=O) groups excluding carboxylic acids is 2. The largest absolute Gasteiger partial charge is 0.450 e. The molecule has 1 aromatic heterocycles. The van der Waals surface area contributed by atoms with Crippen LogP contribution in [-0.4, -0.2) is 70.1 Å². The van der Waals surface area contributed by atoms with Crippen LogP contribution < -0.4 is 10.8 Å². The second kappa shape index (κ2) is 10.6. The lowest BCUT2D eigenvalue weighted by Crippen LogP contribution is -2.41. The van der Waals surface area contributed by atoms with Crippen molar-refractivity contribution in [1.29, 1.82) is 0 Å². The van der Waals surface area contributed by atoms with Crippen LogP contribution in [0.2, 0.25) is 0 Å². The molecule has 35 heavy (non-hydrogen) atoms. The highest BCUT2D eigenvalue weighted by Gasteiger charge is 2.50. The molecule has 192 valence electrons. The van der Waals surface area contributed by atoms with Crippen molar-refractivity contribution in [2.24, 2.45) is 0 Å².